The maximum Gasteiger partial charge on any atom is 0.344 e. The summed E-state index contributed by atoms with van der Waals surface area (Å²) >= 11 is 0. The summed E-state index contributed by atoms with van der Waals surface area (Å²) in [5.41, 5.74) is 0.620. The minimum Gasteiger partial charge on any atom is -0.508 e. The Kier molecular flexibility index (Phi) is 4.51. The molecule has 0 fully saturated rings. The van der Waals surface area contributed by atoms with Crippen molar-refractivity contribution in [2.24, 2.45) is 0 Å². The lowest BCUT2D eigenvalue weighted by Gasteiger charge is -2.08. The first-order valence-corrected chi connectivity index (χ1v) is 6.51. The van der Waals surface area contributed by atoms with E-state index >= 15 is 0 Å². The normalized spacial score (nSPS) is 10.9. The Bertz CT molecular complexity index is 428. The molecule has 0 radical (unpaired) electrons. The first kappa shape index (κ1) is 13.5. The van der Waals surface area contributed by atoms with Gasteiger partial charge < -0.3 is 25.5 Å². The zero-order valence-electron chi connectivity index (χ0n) is 8.83. The van der Waals surface area contributed by atoms with Gasteiger partial charge in [-0.2, -0.15) is 0 Å². The third-order valence-electron chi connectivity index (χ3n) is 1.80. The van der Waals surface area contributed by atoms with Crippen LogP contribution in [0, 0.1) is 0 Å². The van der Waals surface area contributed by atoms with Crippen LogP contribution in [0.3, 0.4) is 0 Å². The fourth-order valence-corrected chi connectivity index (χ4v) is 1.40. The number of amides is 1. The van der Waals surface area contributed by atoms with E-state index in [0.717, 1.165) is 0 Å². The third kappa shape index (κ3) is 5.91. The molecule has 0 aromatic heterocycles. The van der Waals surface area contributed by atoms with Gasteiger partial charge in [0.25, 0.3) is 0 Å². The van der Waals surface area contributed by atoms with Crippen molar-refractivity contribution >= 4 is 19.2 Å². The topological polar surface area (TPSA) is 119 Å². The van der Waals surface area contributed by atoms with Crippen LogP contribution in [0.2, 0.25) is 0 Å². The smallest absolute Gasteiger partial charge is 0.344 e. The van der Waals surface area contributed by atoms with Gasteiger partial charge in [-0.05, 0) is 24.3 Å². The van der Waals surface area contributed by atoms with E-state index in [1.165, 1.54) is 12.1 Å². The minimum absolute atomic E-state index is 0.106. The molecule has 94 valence electrons. The summed E-state index contributed by atoms with van der Waals surface area (Å²) in [5, 5.41) is 13.8. The van der Waals surface area contributed by atoms with Gasteiger partial charge in [0.15, 0.2) is 0 Å². The molecule has 0 aliphatic heterocycles. The maximum absolute atomic E-state index is 11.2. The number of hydrogen-bond acceptors (Lipinski definition) is 4. The molecule has 0 heterocycles. The molecule has 0 spiro atoms. The molecular weight excluding hydrogens is 247 g/mol. The lowest BCUT2D eigenvalue weighted by atomic mass is 10.3. The first-order valence-electron chi connectivity index (χ1n) is 4.71. The van der Waals surface area contributed by atoms with E-state index in [2.05, 4.69) is 10.6 Å². The van der Waals surface area contributed by atoms with Crippen LogP contribution in [0.25, 0.3) is 0 Å². The Hall–Kier alpha value is -1.56. The SMILES string of the molecule is O=C(CNc1ccc(O)cc1)NCP(=O)(O)O. The number of carbonyl (C=O) groups excluding carboxylic acids is 1. The lowest BCUT2D eigenvalue weighted by molar-refractivity contribution is -0.119. The predicted octanol–water partition coefficient (Wildman–Crippen LogP) is 0.0555. The average molecular weight is 260 g/mol. The number of hydrogen-bond donors (Lipinski definition) is 5. The third-order valence-corrected chi connectivity index (χ3v) is 2.37. The summed E-state index contributed by atoms with van der Waals surface area (Å²) in [5.74, 6) is -0.414. The summed E-state index contributed by atoms with van der Waals surface area (Å²) < 4.78 is 10.5. The van der Waals surface area contributed by atoms with Crippen LogP contribution in [0.15, 0.2) is 24.3 Å². The Morgan fingerprint density at radius 1 is 1.24 bits per heavy atom. The van der Waals surface area contributed by atoms with Crippen LogP contribution in [-0.2, 0) is 9.36 Å². The van der Waals surface area contributed by atoms with Gasteiger partial charge in [0.2, 0.25) is 5.91 Å². The van der Waals surface area contributed by atoms with Crippen molar-refractivity contribution in [3.8, 4) is 5.75 Å². The van der Waals surface area contributed by atoms with Crippen molar-refractivity contribution in [2.75, 3.05) is 18.1 Å². The zero-order chi connectivity index (χ0) is 12.9. The van der Waals surface area contributed by atoms with Gasteiger partial charge in [-0.1, -0.05) is 0 Å². The molecule has 1 rings (SSSR count). The Balaban J connectivity index is 2.33. The largest absolute Gasteiger partial charge is 0.508 e. The zero-order valence-corrected chi connectivity index (χ0v) is 9.72. The second kappa shape index (κ2) is 5.67. The van der Waals surface area contributed by atoms with Gasteiger partial charge in [0.1, 0.15) is 12.0 Å². The molecule has 17 heavy (non-hydrogen) atoms. The van der Waals surface area contributed by atoms with E-state index in [0.29, 0.717) is 5.69 Å². The lowest BCUT2D eigenvalue weighted by Crippen LogP contribution is -2.30. The fourth-order valence-electron chi connectivity index (χ4n) is 1.02. The summed E-state index contributed by atoms with van der Waals surface area (Å²) in [6, 6.07) is 6.06. The van der Waals surface area contributed by atoms with Crippen LogP contribution >= 0.6 is 7.60 Å². The van der Waals surface area contributed by atoms with E-state index in [9.17, 15) is 9.36 Å². The number of rotatable bonds is 5. The molecule has 0 unspecified atom stereocenters. The van der Waals surface area contributed by atoms with Crippen LogP contribution in [0.4, 0.5) is 5.69 Å². The number of phenolic OH excluding ortho intramolecular Hbond substituents is 1. The quantitative estimate of drug-likeness (QED) is 0.377. The van der Waals surface area contributed by atoms with Crippen molar-refractivity contribution in [1.29, 1.82) is 0 Å². The van der Waals surface area contributed by atoms with Gasteiger partial charge in [0, 0.05) is 5.69 Å². The number of phenols is 1. The average Bonchev–Trinajstić information content (AvgIpc) is 2.25. The van der Waals surface area contributed by atoms with E-state index in [1.54, 1.807) is 12.1 Å². The minimum atomic E-state index is -4.21. The number of benzene rings is 1. The van der Waals surface area contributed by atoms with Crippen molar-refractivity contribution in [1.82, 2.24) is 5.32 Å². The molecule has 0 bridgehead atoms. The molecule has 5 N–H and O–H groups in total. The van der Waals surface area contributed by atoms with Crippen molar-refractivity contribution in [3.63, 3.8) is 0 Å². The number of carbonyl (C=O) groups is 1. The van der Waals surface area contributed by atoms with Gasteiger partial charge in [0.05, 0.1) is 6.54 Å². The maximum atomic E-state index is 11.2. The molecule has 0 saturated carbocycles. The van der Waals surface area contributed by atoms with E-state index in [1.807, 2.05) is 0 Å². The highest BCUT2D eigenvalue weighted by atomic mass is 31.2. The van der Waals surface area contributed by atoms with Crippen LogP contribution < -0.4 is 10.6 Å². The molecule has 1 aromatic carbocycles. The molecule has 1 aromatic rings. The highest BCUT2D eigenvalue weighted by molar-refractivity contribution is 7.51. The number of nitrogens with one attached hydrogen (secondary N) is 2. The number of anilines is 1. The predicted molar refractivity (Wildman–Crippen MR) is 61.7 cm³/mol. The van der Waals surface area contributed by atoms with E-state index < -0.39 is 19.8 Å². The highest BCUT2D eigenvalue weighted by Crippen LogP contribution is 2.31. The van der Waals surface area contributed by atoms with Gasteiger partial charge in [-0.15, -0.1) is 0 Å². The van der Waals surface area contributed by atoms with Crippen molar-refractivity contribution in [2.45, 2.75) is 0 Å². The van der Waals surface area contributed by atoms with Gasteiger partial charge >= 0.3 is 7.60 Å². The fraction of sp³-hybridized carbons (Fsp3) is 0.222. The highest BCUT2D eigenvalue weighted by Gasteiger charge is 2.13. The Labute approximate surface area is 97.6 Å². The van der Waals surface area contributed by atoms with Crippen LogP contribution in [0.5, 0.6) is 5.75 Å². The molecule has 7 nitrogen and oxygen atoms in total. The van der Waals surface area contributed by atoms with Gasteiger partial charge in [-0.25, -0.2) is 0 Å². The van der Waals surface area contributed by atoms with Crippen LogP contribution in [-0.4, -0.2) is 33.6 Å². The van der Waals surface area contributed by atoms with E-state index in [-0.39, 0.29) is 12.3 Å². The Morgan fingerprint density at radius 3 is 2.35 bits per heavy atom. The monoisotopic (exact) mass is 260 g/mol. The molecule has 1 amide bonds. The van der Waals surface area contributed by atoms with Gasteiger partial charge in [-0.3, -0.25) is 9.36 Å². The van der Waals surface area contributed by atoms with Crippen molar-refractivity contribution in [3.05, 3.63) is 24.3 Å². The molecule has 0 aliphatic rings. The summed E-state index contributed by atoms with van der Waals surface area (Å²) in [4.78, 5) is 28.2. The van der Waals surface area contributed by atoms with Crippen LogP contribution in [0.1, 0.15) is 0 Å². The summed E-state index contributed by atoms with van der Waals surface area (Å²) in [6.07, 6.45) is -0.677. The molecule has 0 saturated heterocycles. The molecule has 0 aliphatic carbocycles. The summed E-state index contributed by atoms with van der Waals surface area (Å²) in [7, 11) is -4.21. The van der Waals surface area contributed by atoms with Crippen molar-refractivity contribution < 1.29 is 24.3 Å². The molecule has 0 atom stereocenters. The standard InChI is InChI=1S/C9H13N2O5P/c12-8-3-1-7(2-4-8)10-5-9(13)11-6-17(14,15)16/h1-4,10,12H,5-6H2,(H,11,13)(H2,14,15,16). The Morgan fingerprint density at radius 2 is 1.82 bits per heavy atom. The van der Waals surface area contributed by atoms with E-state index in [4.69, 9.17) is 14.9 Å². The molecule has 8 heteroatoms. The summed E-state index contributed by atoms with van der Waals surface area (Å²) in [6.45, 7) is -0.106. The number of aromatic hydroxyl groups is 1. The molecular formula is C9H13N2O5P. The second-order valence-electron chi connectivity index (χ2n) is 3.32. The second-order valence-corrected chi connectivity index (χ2v) is 4.97. The first-order chi connectivity index (χ1) is 7.87.